The Morgan fingerprint density at radius 1 is 0.615 bits per heavy atom. The Balaban J connectivity index is 2.15. The number of rotatable bonds is 6. The van der Waals surface area contributed by atoms with E-state index in [9.17, 15) is 0 Å². The number of ether oxygens (including phenoxy) is 2. The molecule has 3 rings (SSSR count). The summed E-state index contributed by atoms with van der Waals surface area (Å²) in [5, 5.41) is 0. The molecule has 2 heteroatoms. The lowest BCUT2D eigenvalue weighted by Gasteiger charge is -2.32. The molecule has 0 atom stereocenters. The lowest BCUT2D eigenvalue weighted by Crippen LogP contribution is -2.25. The maximum absolute atomic E-state index is 5.34. The van der Waals surface area contributed by atoms with E-state index in [1.54, 1.807) is 14.2 Å². The summed E-state index contributed by atoms with van der Waals surface area (Å²) in [6, 6.07) is 25.6. The number of hydrogen-bond donors (Lipinski definition) is 0. The second-order valence-corrected chi connectivity index (χ2v) is 6.63. The first kappa shape index (κ1) is 18.1. The van der Waals surface area contributed by atoms with Crippen molar-refractivity contribution in [1.29, 1.82) is 0 Å². The third-order valence-electron chi connectivity index (χ3n) is 5.27. The molecule has 0 aliphatic carbocycles. The summed E-state index contributed by atoms with van der Waals surface area (Å²) < 4.78 is 10.7. The predicted octanol–water partition coefficient (Wildman–Crippen LogP) is 5.62. The van der Waals surface area contributed by atoms with Crippen molar-refractivity contribution in [2.75, 3.05) is 14.2 Å². The zero-order chi connectivity index (χ0) is 18.6. The van der Waals surface area contributed by atoms with Gasteiger partial charge in [0.2, 0.25) is 0 Å². The number of aryl methyl sites for hydroxylation is 1. The van der Waals surface area contributed by atoms with Crippen molar-refractivity contribution in [1.82, 2.24) is 0 Å². The Labute approximate surface area is 156 Å². The summed E-state index contributed by atoms with van der Waals surface area (Å²) in [5.74, 6) is 1.74. The minimum Gasteiger partial charge on any atom is -0.497 e. The first-order chi connectivity index (χ1) is 12.6. The third-order valence-corrected chi connectivity index (χ3v) is 5.27. The normalized spacial score (nSPS) is 11.2. The molecule has 0 heterocycles. The van der Waals surface area contributed by atoms with Crippen molar-refractivity contribution >= 4 is 0 Å². The van der Waals surface area contributed by atoms with E-state index in [0.717, 1.165) is 17.9 Å². The molecule has 0 unspecified atom stereocenters. The van der Waals surface area contributed by atoms with Crippen molar-refractivity contribution in [3.05, 3.63) is 95.1 Å². The van der Waals surface area contributed by atoms with E-state index in [1.807, 2.05) is 24.3 Å². The third kappa shape index (κ3) is 3.32. The quantitative estimate of drug-likeness (QED) is 0.539. The van der Waals surface area contributed by atoms with Crippen molar-refractivity contribution in [3.63, 3.8) is 0 Å². The van der Waals surface area contributed by atoms with Gasteiger partial charge in [-0.15, -0.1) is 0 Å². The van der Waals surface area contributed by atoms with Crippen LogP contribution in [0.5, 0.6) is 11.5 Å². The fraction of sp³-hybridized carbons (Fsp3) is 0.250. The molecule has 0 spiro atoms. The average Bonchev–Trinajstić information content (AvgIpc) is 2.73. The van der Waals surface area contributed by atoms with E-state index in [1.165, 1.54) is 22.3 Å². The molecule has 26 heavy (non-hydrogen) atoms. The Hall–Kier alpha value is -2.74. The molecule has 0 fully saturated rings. The highest BCUT2D eigenvalue weighted by Crippen LogP contribution is 2.40. The van der Waals surface area contributed by atoms with Crippen LogP contribution in [0.1, 0.15) is 36.1 Å². The molecular formula is C24H26O2. The van der Waals surface area contributed by atoms with Gasteiger partial charge in [-0.3, -0.25) is 0 Å². The SMILES string of the molecule is CCc1ccc(C(C)(c2ccc(OC)cc2)c2ccc(OC)cc2)cc1. The molecule has 0 N–H and O–H groups in total. The van der Waals surface area contributed by atoms with Gasteiger partial charge in [-0.05, 0) is 59.9 Å². The van der Waals surface area contributed by atoms with Gasteiger partial charge in [-0.2, -0.15) is 0 Å². The Bertz CT molecular complexity index is 715. The van der Waals surface area contributed by atoms with Gasteiger partial charge in [0.1, 0.15) is 11.5 Å². The van der Waals surface area contributed by atoms with Crippen molar-refractivity contribution in [3.8, 4) is 11.5 Å². The second-order valence-electron chi connectivity index (χ2n) is 6.63. The van der Waals surface area contributed by atoms with Crippen LogP contribution in [0.3, 0.4) is 0 Å². The van der Waals surface area contributed by atoms with Gasteiger partial charge < -0.3 is 9.47 Å². The van der Waals surface area contributed by atoms with Crippen molar-refractivity contribution in [2.45, 2.75) is 25.7 Å². The van der Waals surface area contributed by atoms with E-state index >= 15 is 0 Å². The Morgan fingerprint density at radius 2 is 0.962 bits per heavy atom. The molecule has 3 aromatic carbocycles. The van der Waals surface area contributed by atoms with Crippen LogP contribution in [0.2, 0.25) is 0 Å². The van der Waals surface area contributed by atoms with Gasteiger partial charge in [-0.1, -0.05) is 55.5 Å². The Kier molecular flexibility index (Phi) is 5.32. The number of hydrogen-bond acceptors (Lipinski definition) is 2. The van der Waals surface area contributed by atoms with Crippen LogP contribution in [-0.4, -0.2) is 14.2 Å². The Morgan fingerprint density at radius 3 is 1.27 bits per heavy atom. The largest absolute Gasteiger partial charge is 0.497 e. The topological polar surface area (TPSA) is 18.5 Å². The molecule has 0 saturated carbocycles. The van der Waals surface area contributed by atoms with E-state index in [2.05, 4.69) is 62.4 Å². The number of benzene rings is 3. The highest BCUT2D eigenvalue weighted by Gasteiger charge is 2.31. The highest BCUT2D eigenvalue weighted by atomic mass is 16.5. The molecule has 134 valence electrons. The molecule has 0 radical (unpaired) electrons. The standard InChI is InChI=1S/C24H26O2/c1-5-18-6-8-19(9-7-18)24(2,20-10-14-22(25-3)15-11-20)21-12-16-23(26-4)17-13-21/h6-17H,5H2,1-4H3. The molecule has 0 saturated heterocycles. The minimum absolute atomic E-state index is 0.259. The lowest BCUT2D eigenvalue weighted by molar-refractivity contribution is 0.414. The summed E-state index contributed by atoms with van der Waals surface area (Å²) in [6.45, 7) is 4.46. The first-order valence-electron chi connectivity index (χ1n) is 9.00. The summed E-state index contributed by atoms with van der Waals surface area (Å²) in [7, 11) is 3.39. The van der Waals surface area contributed by atoms with Gasteiger partial charge in [0.15, 0.2) is 0 Å². The summed E-state index contributed by atoms with van der Waals surface area (Å²) in [4.78, 5) is 0. The molecular weight excluding hydrogens is 320 g/mol. The number of methoxy groups -OCH3 is 2. The first-order valence-corrected chi connectivity index (χ1v) is 9.00. The van der Waals surface area contributed by atoms with Gasteiger partial charge >= 0.3 is 0 Å². The zero-order valence-corrected chi connectivity index (χ0v) is 16.0. The average molecular weight is 346 g/mol. The van der Waals surface area contributed by atoms with E-state index < -0.39 is 0 Å². The van der Waals surface area contributed by atoms with Gasteiger partial charge in [0.05, 0.1) is 14.2 Å². The van der Waals surface area contributed by atoms with Crippen LogP contribution >= 0.6 is 0 Å². The summed E-state index contributed by atoms with van der Waals surface area (Å²) in [5.41, 5.74) is 4.82. The zero-order valence-electron chi connectivity index (χ0n) is 16.0. The molecule has 2 nitrogen and oxygen atoms in total. The van der Waals surface area contributed by atoms with E-state index in [-0.39, 0.29) is 5.41 Å². The monoisotopic (exact) mass is 346 g/mol. The smallest absolute Gasteiger partial charge is 0.118 e. The van der Waals surface area contributed by atoms with Crippen LogP contribution in [0.15, 0.2) is 72.8 Å². The predicted molar refractivity (Wildman–Crippen MR) is 107 cm³/mol. The molecule has 0 amide bonds. The van der Waals surface area contributed by atoms with Gasteiger partial charge in [0, 0.05) is 5.41 Å². The second kappa shape index (κ2) is 7.65. The van der Waals surface area contributed by atoms with Crippen LogP contribution in [0.4, 0.5) is 0 Å². The van der Waals surface area contributed by atoms with Crippen LogP contribution in [0, 0.1) is 0 Å². The van der Waals surface area contributed by atoms with E-state index in [4.69, 9.17) is 9.47 Å². The van der Waals surface area contributed by atoms with Crippen molar-refractivity contribution in [2.24, 2.45) is 0 Å². The fourth-order valence-electron chi connectivity index (χ4n) is 3.42. The van der Waals surface area contributed by atoms with Crippen molar-refractivity contribution < 1.29 is 9.47 Å². The molecule has 0 aliphatic rings. The molecule has 0 aliphatic heterocycles. The fourth-order valence-corrected chi connectivity index (χ4v) is 3.42. The molecule has 3 aromatic rings. The summed E-state index contributed by atoms with van der Waals surface area (Å²) in [6.07, 6.45) is 1.04. The summed E-state index contributed by atoms with van der Waals surface area (Å²) >= 11 is 0. The molecule has 0 bridgehead atoms. The maximum atomic E-state index is 5.34. The highest BCUT2D eigenvalue weighted by molar-refractivity contribution is 5.51. The van der Waals surface area contributed by atoms with Gasteiger partial charge in [0.25, 0.3) is 0 Å². The van der Waals surface area contributed by atoms with Crippen LogP contribution in [0.25, 0.3) is 0 Å². The van der Waals surface area contributed by atoms with Crippen LogP contribution < -0.4 is 9.47 Å². The van der Waals surface area contributed by atoms with E-state index in [0.29, 0.717) is 0 Å². The van der Waals surface area contributed by atoms with Crippen LogP contribution in [-0.2, 0) is 11.8 Å². The minimum atomic E-state index is -0.259. The van der Waals surface area contributed by atoms with Gasteiger partial charge in [-0.25, -0.2) is 0 Å². The lowest BCUT2D eigenvalue weighted by atomic mass is 9.71. The maximum Gasteiger partial charge on any atom is 0.118 e. The molecule has 0 aromatic heterocycles.